The van der Waals surface area contributed by atoms with Crippen molar-refractivity contribution >= 4 is 23.1 Å². The van der Waals surface area contributed by atoms with Gasteiger partial charge in [0.15, 0.2) is 5.82 Å². The zero-order valence-electron chi connectivity index (χ0n) is 13.9. The highest BCUT2D eigenvalue weighted by molar-refractivity contribution is 7.11. The van der Waals surface area contributed by atoms with Crippen LogP contribution in [0.1, 0.15) is 34.5 Å². The SMILES string of the molecule is COc1cccc(F)c1NC(=O)N(C)[C@H]1CCCc2nc(C)sc21. The predicted octanol–water partition coefficient (Wildman–Crippen LogP) is 4.14. The number of hydrogen-bond acceptors (Lipinski definition) is 4. The number of benzene rings is 1. The number of carbonyl (C=O) groups is 1. The van der Waals surface area contributed by atoms with Gasteiger partial charge in [-0.3, -0.25) is 0 Å². The van der Waals surface area contributed by atoms with Crippen molar-refractivity contribution in [3.05, 3.63) is 39.6 Å². The quantitative estimate of drug-likeness (QED) is 0.906. The highest BCUT2D eigenvalue weighted by Gasteiger charge is 2.30. The Morgan fingerprint density at radius 3 is 3.04 bits per heavy atom. The molecule has 7 heteroatoms. The average molecular weight is 349 g/mol. The molecule has 1 aromatic heterocycles. The molecule has 0 unspecified atom stereocenters. The molecule has 0 spiro atoms. The molecule has 1 atom stereocenters. The molecule has 2 aromatic rings. The minimum absolute atomic E-state index is 0.0299. The lowest BCUT2D eigenvalue weighted by molar-refractivity contribution is 0.198. The number of aryl methyl sites for hydroxylation is 2. The van der Waals surface area contributed by atoms with Gasteiger partial charge in [-0.25, -0.2) is 14.2 Å². The Hall–Kier alpha value is -2.15. The number of halogens is 1. The minimum Gasteiger partial charge on any atom is -0.494 e. The zero-order valence-corrected chi connectivity index (χ0v) is 14.7. The van der Waals surface area contributed by atoms with Gasteiger partial charge in [0.2, 0.25) is 0 Å². The van der Waals surface area contributed by atoms with Crippen LogP contribution in [0.15, 0.2) is 18.2 Å². The van der Waals surface area contributed by atoms with E-state index in [9.17, 15) is 9.18 Å². The number of rotatable bonds is 3. The number of anilines is 1. The van der Waals surface area contributed by atoms with E-state index >= 15 is 0 Å². The van der Waals surface area contributed by atoms with Crippen LogP contribution in [0, 0.1) is 12.7 Å². The lowest BCUT2D eigenvalue weighted by Gasteiger charge is -2.31. The van der Waals surface area contributed by atoms with Crippen molar-refractivity contribution in [2.24, 2.45) is 0 Å². The van der Waals surface area contributed by atoms with E-state index in [-0.39, 0.29) is 17.8 Å². The number of thiazole rings is 1. The summed E-state index contributed by atoms with van der Waals surface area (Å²) in [7, 11) is 3.18. The van der Waals surface area contributed by atoms with Crippen LogP contribution in [0.5, 0.6) is 5.75 Å². The van der Waals surface area contributed by atoms with Crippen LogP contribution in [0.2, 0.25) is 0 Å². The van der Waals surface area contributed by atoms with E-state index in [1.165, 1.54) is 13.2 Å². The van der Waals surface area contributed by atoms with Crippen molar-refractivity contribution in [1.82, 2.24) is 9.88 Å². The maximum absolute atomic E-state index is 14.0. The topological polar surface area (TPSA) is 54.5 Å². The van der Waals surface area contributed by atoms with E-state index in [4.69, 9.17) is 4.74 Å². The molecule has 1 aliphatic rings. The van der Waals surface area contributed by atoms with Gasteiger partial charge in [-0.2, -0.15) is 0 Å². The first-order valence-corrected chi connectivity index (χ1v) is 8.65. The fourth-order valence-electron chi connectivity index (χ4n) is 3.02. The van der Waals surface area contributed by atoms with Crippen LogP contribution in [0.3, 0.4) is 0 Å². The molecule has 1 N–H and O–H groups in total. The van der Waals surface area contributed by atoms with Gasteiger partial charge in [-0.05, 0) is 38.3 Å². The fourth-order valence-corrected chi connectivity index (χ4v) is 4.17. The third-order valence-corrected chi connectivity index (χ3v) is 5.36. The Morgan fingerprint density at radius 2 is 2.29 bits per heavy atom. The molecule has 0 bridgehead atoms. The lowest BCUT2D eigenvalue weighted by Crippen LogP contribution is -2.36. The van der Waals surface area contributed by atoms with Crippen LogP contribution in [-0.2, 0) is 6.42 Å². The Bertz CT molecular complexity index is 762. The van der Waals surface area contributed by atoms with Crippen molar-refractivity contribution in [3.63, 3.8) is 0 Å². The summed E-state index contributed by atoms with van der Waals surface area (Å²) in [5, 5.41) is 3.65. The zero-order chi connectivity index (χ0) is 17.3. The number of nitrogens with one attached hydrogen (secondary N) is 1. The molecular formula is C17H20FN3O2S. The molecule has 0 fully saturated rings. The highest BCUT2D eigenvalue weighted by atomic mass is 32.1. The van der Waals surface area contributed by atoms with Gasteiger partial charge in [-0.1, -0.05) is 6.07 Å². The highest BCUT2D eigenvalue weighted by Crippen LogP contribution is 2.38. The Labute approximate surface area is 144 Å². The van der Waals surface area contributed by atoms with E-state index in [1.807, 2.05) is 6.92 Å². The summed E-state index contributed by atoms with van der Waals surface area (Å²) >= 11 is 1.63. The number of para-hydroxylation sites is 1. The normalized spacial score (nSPS) is 16.4. The summed E-state index contributed by atoms with van der Waals surface area (Å²) in [6.45, 7) is 1.98. The summed E-state index contributed by atoms with van der Waals surface area (Å²) < 4.78 is 19.2. The number of amides is 2. The standard InChI is InChI=1S/C17H20FN3O2S/c1-10-19-12-7-5-8-13(16(12)24-10)21(2)17(22)20-15-11(18)6-4-9-14(15)23-3/h4,6,9,13H,5,7-8H2,1-3H3,(H,20,22)/t13-/m0/s1. The van der Waals surface area contributed by atoms with Crippen molar-refractivity contribution in [2.75, 3.05) is 19.5 Å². The molecule has 5 nitrogen and oxygen atoms in total. The van der Waals surface area contributed by atoms with Gasteiger partial charge >= 0.3 is 6.03 Å². The van der Waals surface area contributed by atoms with E-state index in [0.29, 0.717) is 5.75 Å². The van der Waals surface area contributed by atoms with Crippen molar-refractivity contribution in [2.45, 2.75) is 32.2 Å². The van der Waals surface area contributed by atoms with Crippen LogP contribution in [0.25, 0.3) is 0 Å². The number of urea groups is 1. The third-order valence-electron chi connectivity index (χ3n) is 4.24. The smallest absolute Gasteiger partial charge is 0.322 e. The van der Waals surface area contributed by atoms with Gasteiger partial charge < -0.3 is 15.0 Å². The number of nitrogens with zero attached hydrogens (tertiary/aromatic N) is 2. The van der Waals surface area contributed by atoms with E-state index in [0.717, 1.165) is 34.8 Å². The first kappa shape index (κ1) is 16.7. The molecule has 1 heterocycles. The van der Waals surface area contributed by atoms with Crippen molar-refractivity contribution < 1.29 is 13.9 Å². The summed E-state index contributed by atoms with van der Waals surface area (Å²) in [4.78, 5) is 19.9. The molecule has 0 saturated heterocycles. The monoisotopic (exact) mass is 349 g/mol. The van der Waals surface area contributed by atoms with Gasteiger partial charge in [0.25, 0.3) is 0 Å². The van der Waals surface area contributed by atoms with Crippen LogP contribution < -0.4 is 10.1 Å². The first-order valence-electron chi connectivity index (χ1n) is 7.83. The van der Waals surface area contributed by atoms with E-state index in [1.54, 1.807) is 35.4 Å². The van der Waals surface area contributed by atoms with Crippen LogP contribution in [-0.4, -0.2) is 30.1 Å². The van der Waals surface area contributed by atoms with Gasteiger partial charge in [0.1, 0.15) is 11.4 Å². The molecular weight excluding hydrogens is 329 g/mol. The first-order chi connectivity index (χ1) is 11.5. The van der Waals surface area contributed by atoms with Crippen molar-refractivity contribution in [1.29, 1.82) is 0 Å². The predicted molar refractivity (Wildman–Crippen MR) is 92.3 cm³/mol. The van der Waals surface area contributed by atoms with E-state index in [2.05, 4.69) is 10.3 Å². The molecule has 0 saturated carbocycles. The van der Waals surface area contributed by atoms with Crippen LogP contribution in [0.4, 0.5) is 14.9 Å². The number of methoxy groups -OCH3 is 1. The molecule has 1 aromatic carbocycles. The third kappa shape index (κ3) is 3.08. The van der Waals surface area contributed by atoms with Gasteiger partial charge in [0.05, 0.1) is 28.7 Å². The molecule has 1 aliphatic carbocycles. The molecule has 3 rings (SSSR count). The second-order valence-electron chi connectivity index (χ2n) is 5.81. The average Bonchev–Trinajstić information content (AvgIpc) is 2.95. The van der Waals surface area contributed by atoms with Crippen LogP contribution >= 0.6 is 11.3 Å². The number of carbonyl (C=O) groups excluding carboxylic acids is 1. The molecule has 0 aliphatic heterocycles. The Balaban J connectivity index is 1.82. The maximum atomic E-state index is 14.0. The number of hydrogen-bond donors (Lipinski definition) is 1. The molecule has 128 valence electrons. The van der Waals surface area contributed by atoms with E-state index < -0.39 is 5.82 Å². The number of fused-ring (bicyclic) bond motifs is 1. The molecule has 2 amide bonds. The second-order valence-corrected chi connectivity index (χ2v) is 7.04. The lowest BCUT2D eigenvalue weighted by atomic mass is 9.97. The Kier molecular flexibility index (Phi) is 4.71. The van der Waals surface area contributed by atoms with Gasteiger partial charge in [0, 0.05) is 7.05 Å². The summed E-state index contributed by atoms with van der Waals surface area (Å²) in [6.07, 6.45) is 2.82. The Morgan fingerprint density at radius 1 is 1.50 bits per heavy atom. The van der Waals surface area contributed by atoms with Gasteiger partial charge in [-0.15, -0.1) is 11.3 Å². The van der Waals surface area contributed by atoms with Crippen molar-refractivity contribution in [3.8, 4) is 5.75 Å². The summed E-state index contributed by atoms with van der Waals surface area (Å²) in [5.41, 5.74) is 1.14. The summed E-state index contributed by atoms with van der Waals surface area (Å²) in [5.74, 6) is -0.219. The molecule has 24 heavy (non-hydrogen) atoms. The molecule has 0 radical (unpaired) electrons. The fraction of sp³-hybridized carbons (Fsp3) is 0.412. The summed E-state index contributed by atoms with van der Waals surface area (Å²) in [6, 6.07) is 4.06. The number of ether oxygens (including phenoxy) is 1. The second kappa shape index (κ2) is 6.76. The minimum atomic E-state index is -0.519. The largest absolute Gasteiger partial charge is 0.494 e. The number of aromatic nitrogens is 1. The maximum Gasteiger partial charge on any atom is 0.322 e.